The number of rotatable bonds is 4. The Labute approximate surface area is 150 Å². The van der Waals surface area contributed by atoms with Crippen LogP contribution in [-0.2, 0) is 5.41 Å². The summed E-state index contributed by atoms with van der Waals surface area (Å²) in [6, 6.07) is 18.8. The van der Waals surface area contributed by atoms with E-state index in [0.717, 1.165) is 18.5 Å². The monoisotopic (exact) mass is 334 g/mol. The van der Waals surface area contributed by atoms with Crippen molar-refractivity contribution in [2.24, 2.45) is 0 Å². The predicted octanol–water partition coefficient (Wildman–Crippen LogP) is 3.59. The maximum atomic E-state index is 12.4. The zero-order chi connectivity index (χ0) is 17.1. The van der Waals surface area contributed by atoms with Crippen molar-refractivity contribution in [1.82, 2.24) is 10.2 Å². The molecule has 4 rings (SSSR count). The summed E-state index contributed by atoms with van der Waals surface area (Å²) < 4.78 is 0. The predicted molar refractivity (Wildman–Crippen MR) is 101 cm³/mol. The summed E-state index contributed by atoms with van der Waals surface area (Å²) in [5, 5.41) is 3.16. The van der Waals surface area contributed by atoms with Crippen molar-refractivity contribution in [1.29, 1.82) is 0 Å². The molecule has 130 valence electrons. The van der Waals surface area contributed by atoms with E-state index >= 15 is 0 Å². The third-order valence-electron chi connectivity index (χ3n) is 5.87. The van der Waals surface area contributed by atoms with Crippen molar-refractivity contribution in [3.8, 4) is 0 Å². The van der Waals surface area contributed by atoms with Crippen LogP contribution in [0, 0.1) is 0 Å². The van der Waals surface area contributed by atoms with Crippen molar-refractivity contribution in [2.75, 3.05) is 26.2 Å². The first-order valence-corrected chi connectivity index (χ1v) is 9.45. The Morgan fingerprint density at radius 3 is 2.44 bits per heavy atom. The zero-order valence-electron chi connectivity index (χ0n) is 14.7. The SMILES string of the molecule is O=C1NCC(CCN2CCCCC2)(c2ccccc2)c2ccccc21. The summed E-state index contributed by atoms with van der Waals surface area (Å²) in [4.78, 5) is 15.0. The smallest absolute Gasteiger partial charge is 0.251 e. The van der Waals surface area contributed by atoms with Crippen molar-refractivity contribution in [3.63, 3.8) is 0 Å². The Hall–Kier alpha value is -2.13. The quantitative estimate of drug-likeness (QED) is 0.927. The van der Waals surface area contributed by atoms with Crippen LogP contribution in [0.25, 0.3) is 0 Å². The average molecular weight is 334 g/mol. The molecule has 0 radical (unpaired) electrons. The number of nitrogens with zero attached hydrogens (tertiary/aromatic N) is 1. The van der Waals surface area contributed by atoms with Crippen LogP contribution in [0.1, 0.15) is 47.2 Å². The third-order valence-corrected chi connectivity index (χ3v) is 5.87. The molecular weight excluding hydrogens is 308 g/mol. The standard InChI is InChI=1S/C22H26N2O/c25-21-19-11-5-6-12-20(19)22(17-23-21,18-9-3-1-4-10-18)13-16-24-14-7-2-8-15-24/h1,3-6,9-12H,2,7-8,13-17H2,(H,23,25). The van der Waals surface area contributed by atoms with E-state index in [2.05, 4.69) is 52.7 Å². The molecule has 2 aliphatic rings. The minimum absolute atomic E-state index is 0.0557. The summed E-state index contributed by atoms with van der Waals surface area (Å²) in [5.74, 6) is 0.0557. The summed E-state index contributed by atoms with van der Waals surface area (Å²) >= 11 is 0. The molecule has 1 atom stereocenters. The number of hydrogen-bond acceptors (Lipinski definition) is 2. The highest BCUT2D eigenvalue weighted by atomic mass is 16.1. The van der Waals surface area contributed by atoms with E-state index < -0.39 is 0 Å². The van der Waals surface area contributed by atoms with E-state index in [0.29, 0.717) is 6.54 Å². The fourth-order valence-corrected chi connectivity index (χ4v) is 4.43. The van der Waals surface area contributed by atoms with E-state index in [-0.39, 0.29) is 11.3 Å². The highest BCUT2D eigenvalue weighted by Crippen LogP contribution is 2.39. The molecule has 1 amide bonds. The second-order valence-electron chi connectivity index (χ2n) is 7.33. The molecule has 3 heteroatoms. The summed E-state index contributed by atoms with van der Waals surface area (Å²) in [6.07, 6.45) is 5.02. The van der Waals surface area contributed by atoms with Gasteiger partial charge in [0.2, 0.25) is 0 Å². The Balaban J connectivity index is 1.72. The van der Waals surface area contributed by atoms with Crippen LogP contribution in [0.3, 0.4) is 0 Å². The lowest BCUT2D eigenvalue weighted by Crippen LogP contribution is -2.49. The lowest BCUT2D eigenvalue weighted by atomic mass is 9.68. The molecule has 2 aromatic rings. The second-order valence-corrected chi connectivity index (χ2v) is 7.33. The van der Waals surface area contributed by atoms with Gasteiger partial charge in [0, 0.05) is 17.5 Å². The zero-order valence-corrected chi connectivity index (χ0v) is 14.7. The van der Waals surface area contributed by atoms with Crippen molar-refractivity contribution in [3.05, 3.63) is 71.3 Å². The van der Waals surface area contributed by atoms with Crippen molar-refractivity contribution in [2.45, 2.75) is 31.1 Å². The number of carbonyl (C=O) groups is 1. The van der Waals surface area contributed by atoms with Gasteiger partial charge in [0.05, 0.1) is 0 Å². The Bertz CT molecular complexity index is 737. The van der Waals surface area contributed by atoms with E-state index in [1.165, 1.54) is 43.5 Å². The topological polar surface area (TPSA) is 32.3 Å². The molecule has 1 fully saturated rings. The lowest BCUT2D eigenvalue weighted by Gasteiger charge is -2.41. The average Bonchev–Trinajstić information content (AvgIpc) is 2.70. The van der Waals surface area contributed by atoms with Crippen LogP contribution >= 0.6 is 0 Å². The summed E-state index contributed by atoms with van der Waals surface area (Å²) in [7, 11) is 0. The van der Waals surface area contributed by atoms with E-state index in [1.54, 1.807) is 0 Å². The molecular formula is C22H26N2O. The molecule has 2 heterocycles. The largest absolute Gasteiger partial charge is 0.351 e. The number of piperidine rings is 1. The van der Waals surface area contributed by atoms with E-state index in [1.807, 2.05) is 12.1 Å². The van der Waals surface area contributed by atoms with Gasteiger partial charge in [-0.2, -0.15) is 0 Å². The molecule has 0 aromatic heterocycles. The molecule has 0 aliphatic carbocycles. The first kappa shape index (κ1) is 16.3. The van der Waals surface area contributed by atoms with Gasteiger partial charge in [-0.25, -0.2) is 0 Å². The number of likely N-dealkylation sites (tertiary alicyclic amines) is 1. The van der Waals surface area contributed by atoms with Gasteiger partial charge in [0.15, 0.2) is 0 Å². The normalized spacial score (nSPS) is 23.8. The molecule has 2 aromatic carbocycles. The molecule has 2 aliphatic heterocycles. The highest BCUT2D eigenvalue weighted by Gasteiger charge is 2.40. The van der Waals surface area contributed by atoms with Gasteiger partial charge in [-0.3, -0.25) is 4.79 Å². The van der Waals surface area contributed by atoms with Gasteiger partial charge >= 0.3 is 0 Å². The van der Waals surface area contributed by atoms with E-state index in [9.17, 15) is 4.79 Å². The van der Waals surface area contributed by atoms with Crippen LogP contribution in [0.2, 0.25) is 0 Å². The van der Waals surface area contributed by atoms with Gasteiger partial charge in [0.25, 0.3) is 5.91 Å². The lowest BCUT2D eigenvalue weighted by molar-refractivity contribution is 0.0925. The first-order chi connectivity index (χ1) is 12.3. The summed E-state index contributed by atoms with van der Waals surface area (Å²) in [5.41, 5.74) is 3.18. The van der Waals surface area contributed by atoms with Crippen molar-refractivity contribution < 1.29 is 4.79 Å². The molecule has 3 nitrogen and oxygen atoms in total. The van der Waals surface area contributed by atoms with Crippen LogP contribution in [0.5, 0.6) is 0 Å². The fourth-order valence-electron chi connectivity index (χ4n) is 4.43. The first-order valence-electron chi connectivity index (χ1n) is 9.45. The number of hydrogen-bond donors (Lipinski definition) is 1. The van der Waals surface area contributed by atoms with Gasteiger partial charge in [-0.1, -0.05) is 55.0 Å². The molecule has 0 spiro atoms. The van der Waals surface area contributed by atoms with Gasteiger partial charge < -0.3 is 10.2 Å². The van der Waals surface area contributed by atoms with E-state index in [4.69, 9.17) is 0 Å². The molecule has 1 unspecified atom stereocenters. The van der Waals surface area contributed by atoms with Crippen LogP contribution in [0.4, 0.5) is 0 Å². The molecule has 0 bridgehead atoms. The highest BCUT2D eigenvalue weighted by molar-refractivity contribution is 5.97. The maximum absolute atomic E-state index is 12.4. The number of nitrogens with one attached hydrogen (secondary N) is 1. The van der Waals surface area contributed by atoms with Crippen LogP contribution in [-0.4, -0.2) is 37.0 Å². The Morgan fingerprint density at radius 1 is 0.920 bits per heavy atom. The van der Waals surface area contributed by atoms with Crippen LogP contribution < -0.4 is 5.32 Å². The Morgan fingerprint density at radius 2 is 1.64 bits per heavy atom. The van der Waals surface area contributed by atoms with Crippen molar-refractivity contribution >= 4 is 5.91 Å². The number of benzene rings is 2. The summed E-state index contributed by atoms with van der Waals surface area (Å²) in [6.45, 7) is 4.18. The molecule has 1 saturated heterocycles. The fraction of sp³-hybridized carbons (Fsp3) is 0.409. The maximum Gasteiger partial charge on any atom is 0.251 e. The van der Waals surface area contributed by atoms with Crippen LogP contribution in [0.15, 0.2) is 54.6 Å². The number of carbonyl (C=O) groups excluding carboxylic acids is 1. The molecule has 25 heavy (non-hydrogen) atoms. The van der Waals surface area contributed by atoms with Gasteiger partial charge in [-0.15, -0.1) is 0 Å². The third kappa shape index (κ3) is 3.09. The number of fused-ring (bicyclic) bond motifs is 1. The molecule has 0 saturated carbocycles. The minimum atomic E-state index is -0.136. The van der Waals surface area contributed by atoms with Gasteiger partial charge in [-0.05, 0) is 56.1 Å². The van der Waals surface area contributed by atoms with Gasteiger partial charge in [0.1, 0.15) is 0 Å². The second kappa shape index (κ2) is 7.01. The Kier molecular flexibility index (Phi) is 4.58. The molecule has 1 N–H and O–H groups in total. The number of amides is 1. The minimum Gasteiger partial charge on any atom is -0.351 e.